The largest absolute Gasteiger partial charge is 0.481 e. The van der Waals surface area contributed by atoms with Crippen molar-refractivity contribution in [2.75, 3.05) is 10.6 Å². The number of nitro benzene ring substituents is 1. The van der Waals surface area contributed by atoms with Gasteiger partial charge in [-0.3, -0.25) is 24.8 Å². The second-order valence-electron chi connectivity index (χ2n) is 12.3. The molecule has 45 heavy (non-hydrogen) atoms. The second kappa shape index (κ2) is 13.2. The quantitative estimate of drug-likeness (QED) is 0.106. The van der Waals surface area contributed by atoms with Crippen molar-refractivity contribution in [3.8, 4) is 11.4 Å². The van der Waals surface area contributed by atoms with Gasteiger partial charge in [-0.05, 0) is 66.5 Å². The summed E-state index contributed by atoms with van der Waals surface area (Å²) in [5.41, 5.74) is 2.36. The topological polar surface area (TPSA) is 131 Å². The molecule has 0 fully saturated rings. The van der Waals surface area contributed by atoms with E-state index in [0.29, 0.717) is 22.1 Å². The number of amides is 1. The lowest BCUT2D eigenvalue weighted by Crippen LogP contribution is -2.31. The highest BCUT2D eigenvalue weighted by atomic mass is 35.5. The number of nitro groups is 1. The third-order valence-electron chi connectivity index (χ3n) is 8.47. The van der Waals surface area contributed by atoms with Gasteiger partial charge in [0.25, 0.3) is 17.2 Å². The first kappa shape index (κ1) is 33.3. The number of halogens is 1. The molecule has 3 aromatic carbocycles. The van der Waals surface area contributed by atoms with E-state index in [9.17, 15) is 19.7 Å². The SMILES string of the molecule is CCC(C)(C)c1ccc(OC(C)C(=O)Nc2ccc(Cl)c(Nc3cc(=O)n(-c4ccccc4[N+](=O)[O-])[nH]3)c2)c(C(C)(C)CC)c1. The number of para-hydroxylation sites is 2. The standard InChI is InChI=1S/C34H40ClN5O5/c1-8-33(4,5)22-14-17-29(24(18-22)34(6,7)9-2)45-21(3)32(42)36-23-15-16-25(35)26(19-23)37-30-20-31(41)39(38-30)27-12-10-11-13-28(27)40(43)44/h10-21,37-38H,8-9H2,1-7H3,(H,36,42). The van der Waals surface area contributed by atoms with Gasteiger partial charge in [0.15, 0.2) is 6.10 Å². The van der Waals surface area contributed by atoms with Gasteiger partial charge in [-0.1, -0.05) is 77.4 Å². The van der Waals surface area contributed by atoms with Crippen molar-refractivity contribution in [1.82, 2.24) is 9.78 Å². The van der Waals surface area contributed by atoms with Crippen LogP contribution in [0.3, 0.4) is 0 Å². The Kier molecular flexibility index (Phi) is 9.77. The maximum absolute atomic E-state index is 13.3. The number of H-pyrrole nitrogens is 1. The van der Waals surface area contributed by atoms with Crippen LogP contribution in [-0.4, -0.2) is 26.7 Å². The number of rotatable bonds is 12. The highest BCUT2D eigenvalue weighted by Gasteiger charge is 2.28. The third-order valence-corrected chi connectivity index (χ3v) is 8.80. The van der Waals surface area contributed by atoms with Gasteiger partial charge in [-0.15, -0.1) is 0 Å². The number of nitrogens with one attached hydrogen (secondary N) is 3. The lowest BCUT2D eigenvalue weighted by atomic mass is 9.76. The van der Waals surface area contributed by atoms with Crippen LogP contribution in [0.4, 0.5) is 22.9 Å². The Hall–Kier alpha value is -4.57. The second-order valence-corrected chi connectivity index (χ2v) is 12.8. The zero-order chi connectivity index (χ0) is 33.1. The van der Waals surface area contributed by atoms with Crippen molar-refractivity contribution in [3.63, 3.8) is 0 Å². The van der Waals surface area contributed by atoms with Gasteiger partial charge >= 0.3 is 0 Å². The van der Waals surface area contributed by atoms with E-state index in [4.69, 9.17) is 16.3 Å². The zero-order valence-corrected chi connectivity index (χ0v) is 27.4. The molecule has 0 saturated carbocycles. The van der Waals surface area contributed by atoms with Crippen LogP contribution in [0.1, 0.15) is 72.4 Å². The lowest BCUT2D eigenvalue weighted by Gasteiger charge is -2.31. The van der Waals surface area contributed by atoms with Gasteiger partial charge in [0.05, 0.1) is 15.6 Å². The maximum Gasteiger partial charge on any atom is 0.294 e. The van der Waals surface area contributed by atoms with Crippen molar-refractivity contribution in [3.05, 3.63) is 103 Å². The number of hydrogen-bond donors (Lipinski definition) is 3. The fourth-order valence-electron chi connectivity index (χ4n) is 4.76. The van der Waals surface area contributed by atoms with E-state index in [1.807, 2.05) is 6.07 Å². The number of carbonyl (C=O) groups excluding carboxylic acids is 1. The van der Waals surface area contributed by atoms with Gasteiger partial charge in [-0.25, -0.2) is 4.68 Å². The fourth-order valence-corrected chi connectivity index (χ4v) is 4.92. The molecule has 0 spiro atoms. The Balaban J connectivity index is 1.53. The van der Waals surface area contributed by atoms with Crippen LogP contribution >= 0.6 is 11.6 Å². The summed E-state index contributed by atoms with van der Waals surface area (Å²) in [4.78, 5) is 36.9. The predicted molar refractivity (Wildman–Crippen MR) is 180 cm³/mol. The molecular weight excluding hydrogens is 594 g/mol. The minimum atomic E-state index is -0.805. The average Bonchev–Trinajstić information content (AvgIpc) is 3.38. The number of hydrogen-bond acceptors (Lipinski definition) is 6. The molecule has 238 valence electrons. The first-order chi connectivity index (χ1) is 21.2. The molecule has 0 saturated heterocycles. The van der Waals surface area contributed by atoms with Crippen LogP contribution in [-0.2, 0) is 15.6 Å². The van der Waals surface area contributed by atoms with Crippen LogP contribution in [0, 0.1) is 10.1 Å². The third kappa shape index (κ3) is 7.39. The minimum absolute atomic E-state index is 0.00949. The van der Waals surface area contributed by atoms with E-state index < -0.39 is 16.6 Å². The van der Waals surface area contributed by atoms with E-state index in [1.54, 1.807) is 31.2 Å². The molecule has 0 radical (unpaired) electrons. The van der Waals surface area contributed by atoms with Crippen molar-refractivity contribution in [2.24, 2.45) is 0 Å². The number of aromatic nitrogens is 2. The molecule has 10 nitrogen and oxygen atoms in total. The number of benzene rings is 3. The smallest absolute Gasteiger partial charge is 0.294 e. The Morgan fingerprint density at radius 3 is 2.38 bits per heavy atom. The number of aromatic amines is 1. The summed E-state index contributed by atoms with van der Waals surface area (Å²) < 4.78 is 7.33. The molecule has 1 unspecified atom stereocenters. The normalized spacial score (nSPS) is 12.4. The molecule has 0 aliphatic carbocycles. The van der Waals surface area contributed by atoms with Crippen LogP contribution in [0.2, 0.25) is 5.02 Å². The molecule has 1 heterocycles. The lowest BCUT2D eigenvalue weighted by molar-refractivity contribution is -0.384. The predicted octanol–water partition coefficient (Wildman–Crippen LogP) is 8.25. The van der Waals surface area contributed by atoms with Crippen LogP contribution in [0.5, 0.6) is 5.75 Å². The minimum Gasteiger partial charge on any atom is -0.481 e. The van der Waals surface area contributed by atoms with E-state index in [2.05, 4.69) is 69.4 Å². The van der Waals surface area contributed by atoms with E-state index >= 15 is 0 Å². The van der Waals surface area contributed by atoms with Gasteiger partial charge in [-0.2, -0.15) is 0 Å². The average molecular weight is 634 g/mol. The highest BCUT2D eigenvalue weighted by molar-refractivity contribution is 6.33. The summed E-state index contributed by atoms with van der Waals surface area (Å²) in [5.74, 6) is 0.573. The Labute approximate surface area is 267 Å². The molecule has 1 atom stereocenters. The van der Waals surface area contributed by atoms with Crippen molar-refractivity contribution in [1.29, 1.82) is 0 Å². The van der Waals surface area contributed by atoms with Crippen LogP contribution in [0.25, 0.3) is 5.69 Å². The summed E-state index contributed by atoms with van der Waals surface area (Å²) in [6.45, 7) is 14.8. The molecule has 3 N–H and O–H groups in total. The monoisotopic (exact) mass is 633 g/mol. The van der Waals surface area contributed by atoms with E-state index in [-0.39, 0.29) is 33.9 Å². The Morgan fingerprint density at radius 2 is 1.71 bits per heavy atom. The number of nitrogens with zero attached hydrogens (tertiary/aromatic N) is 2. The summed E-state index contributed by atoms with van der Waals surface area (Å²) in [5, 5.41) is 20.5. The molecule has 0 aliphatic rings. The summed E-state index contributed by atoms with van der Waals surface area (Å²) in [6, 6.07) is 18.3. The summed E-state index contributed by atoms with van der Waals surface area (Å²) in [7, 11) is 0. The van der Waals surface area contributed by atoms with Gasteiger partial charge in [0, 0.05) is 23.4 Å². The molecule has 11 heteroatoms. The summed E-state index contributed by atoms with van der Waals surface area (Å²) in [6.07, 6.45) is 1.09. The number of anilines is 3. The molecule has 1 amide bonds. The van der Waals surface area contributed by atoms with Crippen molar-refractivity contribution < 1.29 is 14.5 Å². The maximum atomic E-state index is 13.3. The molecule has 0 aliphatic heterocycles. The van der Waals surface area contributed by atoms with Gasteiger partial charge in [0.1, 0.15) is 17.3 Å². The van der Waals surface area contributed by atoms with Crippen molar-refractivity contribution in [2.45, 2.75) is 78.2 Å². The van der Waals surface area contributed by atoms with E-state index in [1.165, 1.54) is 29.8 Å². The molecule has 0 bridgehead atoms. The van der Waals surface area contributed by atoms with Crippen LogP contribution < -0.4 is 20.9 Å². The Bertz CT molecular complexity index is 1770. The van der Waals surface area contributed by atoms with E-state index in [0.717, 1.165) is 23.1 Å². The first-order valence-corrected chi connectivity index (χ1v) is 15.3. The molecule has 4 rings (SSSR count). The van der Waals surface area contributed by atoms with Gasteiger partial charge in [0.2, 0.25) is 0 Å². The zero-order valence-electron chi connectivity index (χ0n) is 26.7. The van der Waals surface area contributed by atoms with Crippen LogP contribution in [0.15, 0.2) is 71.5 Å². The molecule has 1 aromatic heterocycles. The van der Waals surface area contributed by atoms with Crippen molar-refractivity contribution >= 4 is 40.4 Å². The number of carbonyl (C=O) groups is 1. The molecular formula is C34H40ClN5O5. The first-order valence-electron chi connectivity index (χ1n) is 14.9. The number of ether oxygens (including phenoxy) is 1. The highest BCUT2D eigenvalue weighted by Crippen LogP contribution is 2.39. The summed E-state index contributed by atoms with van der Waals surface area (Å²) >= 11 is 6.42. The fraction of sp³-hybridized carbons (Fsp3) is 0.353. The Morgan fingerprint density at radius 1 is 1.02 bits per heavy atom. The van der Waals surface area contributed by atoms with Gasteiger partial charge < -0.3 is 15.4 Å². The molecule has 4 aromatic rings.